The second-order valence-corrected chi connectivity index (χ2v) is 4.59. The Bertz CT molecular complexity index is 327. The molecule has 1 fully saturated rings. The van der Waals surface area contributed by atoms with Gasteiger partial charge in [0.1, 0.15) is 6.04 Å². The average Bonchev–Trinajstić information content (AvgIpc) is 2.63. The average molecular weight is 242 g/mol. The van der Waals surface area contributed by atoms with Gasteiger partial charge >= 0.3 is 5.97 Å². The lowest BCUT2D eigenvalue weighted by Crippen LogP contribution is -2.44. The molecule has 6 nitrogen and oxygen atoms in total. The zero-order chi connectivity index (χ0) is 13.0. The van der Waals surface area contributed by atoms with Gasteiger partial charge in [-0.1, -0.05) is 13.8 Å². The number of hydrogen-bond donors (Lipinski definition) is 3. The van der Waals surface area contributed by atoms with Crippen molar-refractivity contribution in [1.82, 2.24) is 10.6 Å². The van der Waals surface area contributed by atoms with E-state index in [0.717, 1.165) is 0 Å². The molecule has 1 unspecified atom stereocenters. The van der Waals surface area contributed by atoms with Crippen LogP contribution in [0.15, 0.2) is 0 Å². The molecular weight excluding hydrogens is 224 g/mol. The van der Waals surface area contributed by atoms with Gasteiger partial charge in [-0.3, -0.25) is 14.4 Å². The first-order chi connectivity index (χ1) is 7.91. The van der Waals surface area contributed by atoms with Crippen molar-refractivity contribution in [3.8, 4) is 0 Å². The summed E-state index contributed by atoms with van der Waals surface area (Å²) in [6.07, 6.45) is 0.828. The lowest BCUT2D eigenvalue weighted by atomic mass is 9.96. The highest BCUT2D eigenvalue weighted by Crippen LogP contribution is 2.11. The van der Waals surface area contributed by atoms with Crippen molar-refractivity contribution in [1.29, 1.82) is 0 Å². The Morgan fingerprint density at radius 2 is 2.18 bits per heavy atom. The van der Waals surface area contributed by atoms with Crippen LogP contribution in [0.2, 0.25) is 0 Å². The summed E-state index contributed by atoms with van der Waals surface area (Å²) in [6.45, 7) is 3.68. The Kier molecular flexibility index (Phi) is 4.48. The molecule has 1 saturated heterocycles. The number of carbonyl (C=O) groups is 3. The Labute approximate surface area is 99.8 Å². The number of carboxylic acid groups (broad SMARTS) is 1. The Hall–Kier alpha value is -1.59. The van der Waals surface area contributed by atoms with Crippen molar-refractivity contribution in [2.24, 2.45) is 11.8 Å². The number of hydrogen-bond acceptors (Lipinski definition) is 3. The number of amides is 2. The second kappa shape index (κ2) is 5.65. The summed E-state index contributed by atoms with van der Waals surface area (Å²) in [4.78, 5) is 33.5. The summed E-state index contributed by atoms with van der Waals surface area (Å²) in [5.41, 5.74) is 0. The normalized spacial score (nSPS) is 21.1. The van der Waals surface area contributed by atoms with Crippen LogP contribution < -0.4 is 10.6 Å². The highest BCUT2D eigenvalue weighted by Gasteiger charge is 2.28. The maximum atomic E-state index is 11.6. The molecule has 2 atom stereocenters. The monoisotopic (exact) mass is 242 g/mol. The van der Waals surface area contributed by atoms with Crippen molar-refractivity contribution in [2.45, 2.75) is 32.7 Å². The third-order valence-electron chi connectivity index (χ3n) is 2.93. The highest BCUT2D eigenvalue weighted by atomic mass is 16.4. The number of nitrogens with one attached hydrogen (secondary N) is 2. The topological polar surface area (TPSA) is 95.5 Å². The molecule has 0 aromatic rings. The van der Waals surface area contributed by atoms with Crippen molar-refractivity contribution >= 4 is 17.8 Å². The van der Waals surface area contributed by atoms with E-state index in [4.69, 9.17) is 5.11 Å². The third kappa shape index (κ3) is 3.72. The van der Waals surface area contributed by atoms with E-state index in [1.807, 2.05) is 0 Å². The number of aliphatic carboxylic acids is 1. The van der Waals surface area contributed by atoms with E-state index in [9.17, 15) is 14.4 Å². The molecular formula is C11H18N2O4. The first kappa shape index (κ1) is 13.5. The van der Waals surface area contributed by atoms with E-state index in [0.29, 0.717) is 12.8 Å². The fraction of sp³-hybridized carbons (Fsp3) is 0.727. The second-order valence-electron chi connectivity index (χ2n) is 4.59. The summed E-state index contributed by atoms with van der Waals surface area (Å²) in [7, 11) is 0. The van der Waals surface area contributed by atoms with Gasteiger partial charge in [-0.05, 0) is 12.3 Å². The number of rotatable bonds is 5. The molecule has 1 rings (SSSR count). The third-order valence-corrected chi connectivity index (χ3v) is 2.93. The predicted octanol–water partition coefficient (Wildman–Crippen LogP) is -0.262. The summed E-state index contributed by atoms with van der Waals surface area (Å²) in [5.74, 6) is -2.01. The van der Waals surface area contributed by atoms with Gasteiger partial charge in [0.05, 0.1) is 5.92 Å². The molecule has 6 heteroatoms. The molecule has 96 valence electrons. The van der Waals surface area contributed by atoms with E-state index in [2.05, 4.69) is 10.6 Å². The van der Waals surface area contributed by atoms with Crippen LogP contribution in [0, 0.1) is 11.8 Å². The van der Waals surface area contributed by atoms with Crippen molar-refractivity contribution in [3.63, 3.8) is 0 Å². The minimum Gasteiger partial charge on any atom is -0.481 e. The molecule has 0 aromatic carbocycles. The SMILES string of the molecule is CC(C)C(CNC(=O)[C@@H]1CCC(=O)N1)C(=O)O. The van der Waals surface area contributed by atoms with Crippen LogP contribution in [-0.4, -0.2) is 35.5 Å². The van der Waals surface area contributed by atoms with Crippen LogP contribution in [0.3, 0.4) is 0 Å². The molecule has 0 bridgehead atoms. The largest absolute Gasteiger partial charge is 0.481 e. The molecule has 3 N–H and O–H groups in total. The minimum atomic E-state index is -0.921. The summed E-state index contributed by atoms with van der Waals surface area (Å²) < 4.78 is 0. The maximum Gasteiger partial charge on any atom is 0.308 e. The summed E-state index contributed by atoms with van der Waals surface area (Å²) >= 11 is 0. The molecule has 17 heavy (non-hydrogen) atoms. The van der Waals surface area contributed by atoms with E-state index in [1.54, 1.807) is 13.8 Å². The van der Waals surface area contributed by atoms with Gasteiger partial charge in [0.15, 0.2) is 0 Å². The molecule has 1 aliphatic heterocycles. The quantitative estimate of drug-likeness (QED) is 0.619. The zero-order valence-corrected chi connectivity index (χ0v) is 10.0. The van der Waals surface area contributed by atoms with Gasteiger partial charge < -0.3 is 15.7 Å². The Balaban J connectivity index is 2.41. The molecule has 0 aliphatic carbocycles. The molecule has 2 amide bonds. The fourth-order valence-corrected chi connectivity index (χ4v) is 1.75. The smallest absolute Gasteiger partial charge is 0.308 e. The van der Waals surface area contributed by atoms with Crippen molar-refractivity contribution < 1.29 is 19.5 Å². The molecule has 0 radical (unpaired) electrons. The Morgan fingerprint density at radius 1 is 1.53 bits per heavy atom. The van der Waals surface area contributed by atoms with Gasteiger partial charge in [0, 0.05) is 13.0 Å². The predicted molar refractivity (Wildman–Crippen MR) is 60.1 cm³/mol. The fourth-order valence-electron chi connectivity index (χ4n) is 1.75. The summed E-state index contributed by atoms with van der Waals surface area (Å²) in [6, 6.07) is -0.510. The van der Waals surface area contributed by atoms with Gasteiger partial charge in [0.25, 0.3) is 0 Å². The van der Waals surface area contributed by atoms with E-state index >= 15 is 0 Å². The van der Waals surface area contributed by atoms with Crippen LogP contribution >= 0.6 is 0 Å². The minimum absolute atomic E-state index is 0.0500. The molecule has 1 aliphatic rings. The van der Waals surface area contributed by atoms with Crippen molar-refractivity contribution in [3.05, 3.63) is 0 Å². The lowest BCUT2D eigenvalue weighted by Gasteiger charge is -2.18. The van der Waals surface area contributed by atoms with E-state index in [-0.39, 0.29) is 24.3 Å². The van der Waals surface area contributed by atoms with Gasteiger partial charge in [0.2, 0.25) is 11.8 Å². The molecule has 1 heterocycles. The van der Waals surface area contributed by atoms with E-state index in [1.165, 1.54) is 0 Å². The van der Waals surface area contributed by atoms with Crippen LogP contribution in [0.1, 0.15) is 26.7 Å². The Morgan fingerprint density at radius 3 is 2.59 bits per heavy atom. The van der Waals surface area contributed by atoms with Gasteiger partial charge in [-0.15, -0.1) is 0 Å². The maximum absolute atomic E-state index is 11.6. The van der Waals surface area contributed by atoms with E-state index < -0.39 is 17.9 Å². The zero-order valence-electron chi connectivity index (χ0n) is 10.0. The standard InChI is InChI=1S/C11H18N2O4/c1-6(2)7(11(16)17)5-12-10(15)8-3-4-9(14)13-8/h6-8H,3-5H2,1-2H3,(H,12,15)(H,13,14)(H,16,17)/t7?,8-/m0/s1. The van der Waals surface area contributed by atoms with Gasteiger partial charge in [-0.25, -0.2) is 0 Å². The van der Waals surface area contributed by atoms with Crippen molar-refractivity contribution in [2.75, 3.05) is 6.54 Å². The van der Waals surface area contributed by atoms with Crippen LogP contribution in [-0.2, 0) is 14.4 Å². The highest BCUT2D eigenvalue weighted by molar-refractivity contribution is 5.90. The molecule has 0 spiro atoms. The van der Waals surface area contributed by atoms with Gasteiger partial charge in [-0.2, -0.15) is 0 Å². The number of carbonyl (C=O) groups excluding carboxylic acids is 2. The van der Waals surface area contributed by atoms with Crippen LogP contribution in [0.25, 0.3) is 0 Å². The van der Waals surface area contributed by atoms with Crippen LogP contribution in [0.4, 0.5) is 0 Å². The van der Waals surface area contributed by atoms with Crippen LogP contribution in [0.5, 0.6) is 0 Å². The summed E-state index contributed by atoms with van der Waals surface area (Å²) in [5, 5.41) is 14.1. The lowest BCUT2D eigenvalue weighted by molar-refractivity contribution is -0.143. The molecule has 0 aromatic heterocycles. The number of carboxylic acids is 1. The first-order valence-electron chi connectivity index (χ1n) is 5.71. The first-order valence-corrected chi connectivity index (χ1v) is 5.71. The molecule has 0 saturated carbocycles.